The minimum absolute atomic E-state index is 0.318. The van der Waals surface area contributed by atoms with Crippen molar-refractivity contribution in [2.45, 2.75) is 13.8 Å². The Bertz CT molecular complexity index is 612. The van der Waals surface area contributed by atoms with Crippen molar-refractivity contribution in [3.8, 4) is 11.5 Å². The van der Waals surface area contributed by atoms with E-state index in [0.29, 0.717) is 40.4 Å². The van der Waals surface area contributed by atoms with Gasteiger partial charge in [0.25, 0.3) is 0 Å². The Hall–Kier alpha value is -2.17. The molecule has 19 heavy (non-hydrogen) atoms. The van der Waals surface area contributed by atoms with E-state index in [1.807, 2.05) is 0 Å². The first-order chi connectivity index (χ1) is 9.12. The second-order valence-electron chi connectivity index (χ2n) is 3.96. The van der Waals surface area contributed by atoms with Crippen LogP contribution >= 0.6 is 0 Å². The molecule has 0 aliphatic heterocycles. The molecule has 2 rings (SSSR count). The number of hydrogen-bond acceptors (Lipinski definition) is 5. The first-order valence-corrected chi connectivity index (χ1v) is 5.94. The predicted octanol–water partition coefficient (Wildman–Crippen LogP) is 2.94. The predicted molar refractivity (Wildman–Crippen MR) is 70.0 cm³/mol. The lowest BCUT2D eigenvalue weighted by Gasteiger charge is -2.07. The van der Waals surface area contributed by atoms with Crippen LogP contribution in [0.3, 0.4) is 0 Å². The molecule has 0 amide bonds. The summed E-state index contributed by atoms with van der Waals surface area (Å²) in [5.74, 6) is 1.22. The monoisotopic (exact) mass is 264 g/mol. The molecule has 0 aliphatic carbocycles. The van der Waals surface area contributed by atoms with Gasteiger partial charge in [0.2, 0.25) is 0 Å². The fraction of sp³-hybridized carbons (Fsp3) is 0.357. The summed E-state index contributed by atoms with van der Waals surface area (Å²) in [6.07, 6.45) is 0. The molecule has 1 aromatic heterocycles. The van der Waals surface area contributed by atoms with Crippen molar-refractivity contribution in [2.24, 2.45) is 0 Å². The molecule has 0 saturated carbocycles. The third kappa shape index (κ3) is 2.23. The van der Waals surface area contributed by atoms with Gasteiger partial charge < -0.3 is 18.6 Å². The molecule has 0 atom stereocenters. The van der Waals surface area contributed by atoms with Gasteiger partial charge in [-0.15, -0.1) is 0 Å². The Balaban J connectivity index is 2.65. The summed E-state index contributed by atoms with van der Waals surface area (Å²) < 4.78 is 21.0. The molecular weight excluding hydrogens is 248 g/mol. The second-order valence-corrected chi connectivity index (χ2v) is 3.96. The van der Waals surface area contributed by atoms with Gasteiger partial charge in [0.1, 0.15) is 16.9 Å². The van der Waals surface area contributed by atoms with Crippen LogP contribution in [0, 0.1) is 6.92 Å². The van der Waals surface area contributed by atoms with Crippen LogP contribution in [0.15, 0.2) is 16.5 Å². The number of carbonyl (C=O) groups excluding carboxylic acids is 1. The van der Waals surface area contributed by atoms with E-state index >= 15 is 0 Å². The standard InChI is InChI=1S/C14H16O5/c1-5-18-14(15)13-8(2)19-10-7-12(17-4)11(16-3)6-9(10)13/h6-7H,5H2,1-4H3. The van der Waals surface area contributed by atoms with Crippen LogP contribution in [-0.4, -0.2) is 26.8 Å². The van der Waals surface area contributed by atoms with E-state index in [1.54, 1.807) is 40.2 Å². The zero-order valence-corrected chi connectivity index (χ0v) is 11.4. The van der Waals surface area contributed by atoms with Crippen LogP contribution in [0.2, 0.25) is 0 Å². The quantitative estimate of drug-likeness (QED) is 0.795. The van der Waals surface area contributed by atoms with E-state index in [4.69, 9.17) is 18.6 Å². The lowest BCUT2D eigenvalue weighted by Crippen LogP contribution is -2.05. The molecule has 1 heterocycles. The SMILES string of the molecule is CCOC(=O)c1c(C)oc2cc(OC)c(OC)cc12. The molecule has 0 saturated heterocycles. The molecule has 0 radical (unpaired) electrons. The summed E-state index contributed by atoms with van der Waals surface area (Å²) in [5.41, 5.74) is 0.996. The Kier molecular flexibility index (Phi) is 3.64. The van der Waals surface area contributed by atoms with E-state index in [1.165, 1.54) is 0 Å². The van der Waals surface area contributed by atoms with Gasteiger partial charge in [-0.25, -0.2) is 4.79 Å². The van der Waals surface area contributed by atoms with Gasteiger partial charge in [-0.05, 0) is 19.9 Å². The topological polar surface area (TPSA) is 57.9 Å². The molecule has 5 heteroatoms. The van der Waals surface area contributed by atoms with Gasteiger partial charge in [0.15, 0.2) is 11.5 Å². The highest BCUT2D eigenvalue weighted by Crippen LogP contribution is 2.36. The maximum atomic E-state index is 11.9. The zero-order valence-electron chi connectivity index (χ0n) is 11.4. The number of hydrogen-bond donors (Lipinski definition) is 0. The van der Waals surface area contributed by atoms with Crippen LogP contribution in [0.25, 0.3) is 11.0 Å². The summed E-state index contributed by atoms with van der Waals surface area (Å²) in [5, 5.41) is 0.661. The largest absolute Gasteiger partial charge is 0.493 e. The minimum Gasteiger partial charge on any atom is -0.493 e. The number of benzene rings is 1. The summed E-state index contributed by atoms with van der Waals surface area (Å²) in [6.45, 7) is 3.81. The van der Waals surface area contributed by atoms with Crippen LogP contribution in [0.5, 0.6) is 11.5 Å². The zero-order chi connectivity index (χ0) is 14.0. The van der Waals surface area contributed by atoms with Crippen molar-refractivity contribution in [1.82, 2.24) is 0 Å². The molecule has 0 bridgehead atoms. The van der Waals surface area contributed by atoms with E-state index in [-0.39, 0.29) is 0 Å². The van der Waals surface area contributed by atoms with Gasteiger partial charge >= 0.3 is 5.97 Å². The van der Waals surface area contributed by atoms with E-state index in [9.17, 15) is 4.79 Å². The molecule has 102 valence electrons. The van der Waals surface area contributed by atoms with Crippen molar-refractivity contribution in [3.63, 3.8) is 0 Å². The van der Waals surface area contributed by atoms with Crippen LogP contribution in [0.1, 0.15) is 23.0 Å². The third-order valence-electron chi connectivity index (χ3n) is 2.85. The molecule has 1 aromatic carbocycles. The first-order valence-electron chi connectivity index (χ1n) is 5.94. The van der Waals surface area contributed by atoms with Crippen molar-refractivity contribution in [2.75, 3.05) is 20.8 Å². The number of esters is 1. The normalized spacial score (nSPS) is 10.5. The highest BCUT2D eigenvalue weighted by atomic mass is 16.5. The lowest BCUT2D eigenvalue weighted by atomic mass is 10.1. The fourth-order valence-electron chi connectivity index (χ4n) is 2.00. The summed E-state index contributed by atoms with van der Waals surface area (Å²) in [7, 11) is 3.09. The summed E-state index contributed by atoms with van der Waals surface area (Å²) >= 11 is 0. The van der Waals surface area contributed by atoms with Crippen molar-refractivity contribution < 1.29 is 23.4 Å². The Morgan fingerprint density at radius 2 is 1.84 bits per heavy atom. The van der Waals surface area contributed by atoms with Gasteiger partial charge in [-0.1, -0.05) is 0 Å². The number of methoxy groups -OCH3 is 2. The molecule has 0 N–H and O–H groups in total. The lowest BCUT2D eigenvalue weighted by molar-refractivity contribution is 0.0526. The highest BCUT2D eigenvalue weighted by Gasteiger charge is 2.21. The van der Waals surface area contributed by atoms with Crippen molar-refractivity contribution in [1.29, 1.82) is 0 Å². The van der Waals surface area contributed by atoms with Crippen molar-refractivity contribution in [3.05, 3.63) is 23.5 Å². The average Bonchev–Trinajstić information content (AvgIpc) is 2.72. The number of furan rings is 1. The van der Waals surface area contributed by atoms with Gasteiger partial charge in [0, 0.05) is 11.5 Å². The molecule has 0 unspecified atom stereocenters. The third-order valence-corrected chi connectivity index (χ3v) is 2.85. The summed E-state index contributed by atoms with van der Waals surface area (Å²) in [4.78, 5) is 11.9. The van der Waals surface area contributed by atoms with Gasteiger partial charge in [-0.2, -0.15) is 0 Å². The fourth-order valence-corrected chi connectivity index (χ4v) is 2.00. The van der Waals surface area contributed by atoms with E-state index in [2.05, 4.69) is 0 Å². The van der Waals surface area contributed by atoms with E-state index in [0.717, 1.165) is 0 Å². The number of ether oxygens (including phenoxy) is 3. The average molecular weight is 264 g/mol. The number of carbonyl (C=O) groups is 1. The Labute approximate surface area is 111 Å². The molecule has 0 fully saturated rings. The molecule has 5 nitrogen and oxygen atoms in total. The van der Waals surface area contributed by atoms with Gasteiger partial charge in [0.05, 0.1) is 20.8 Å². The van der Waals surface area contributed by atoms with Crippen LogP contribution < -0.4 is 9.47 Å². The first kappa shape index (κ1) is 13.3. The maximum absolute atomic E-state index is 11.9. The smallest absolute Gasteiger partial charge is 0.342 e. The number of aryl methyl sites for hydroxylation is 1. The van der Waals surface area contributed by atoms with E-state index < -0.39 is 5.97 Å². The minimum atomic E-state index is -0.397. The second kappa shape index (κ2) is 5.22. The Morgan fingerprint density at radius 3 is 2.42 bits per heavy atom. The van der Waals surface area contributed by atoms with Crippen LogP contribution in [0.4, 0.5) is 0 Å². The van der Waals surface area contributed by atoms with Crippen molar-refractivity contribution >= 4 is 16.9 Å². The molecule has 0 aliphatic rings. The van der Waals surface area contributed by atoms with Gasteiger partial charge in [-0.3, -0.25) is 0 Å². The molecule has 2 aromatic rings. The molecular formula is C14H16O5. The number of rotatable bonds is 4. The Morgan fingerprint density at radius 1 is 1.21 bits per heavy atom. The summed E-state index contributed by atoms with van der Waals surface area (Å²) in [6, 6.07) is 3.42. The number of fused-ring (bicyclic) bond motifs is 1. The molecule has 0 spiro atoms. The van der Waals surface area contributed by atoms with Crippen LogP contribution in [-0.2, 0) is 4.74 Å². The maximum Gasteiger partial charge on any atom is 0.342 e. The highest BCUT2D eigenvalue weighted by molar-refractivity contribution is 6.05.